The largest absolute Gasteiger partial charge is 0.483 e. The van der Waals surface area contributed by atoms with Gasteiger partial charge in [0.1, 0.15) is 5.52 Å². The maximum atomic E-state index is 12.5. The number of carbonyl (C=O) groups is 2. The summed E-state index contributed by atoms with van der Waals surface area (Å²) < 4.78 is 5.18. The second-order valence-corrected chi connectivity index (χ2v) is 7.96. The SMILES string of the molecule is CCOC(=O)c1c[nH]c2c(=O)[nH]c3ccc(-c4ccnc(N(C)CCN(C)C)n4)cc3c12.O=CO. The first-order valence-electron chi connectivity index (χ1n) is 10.9. The minimum atomic E-state index is -0.470. The summed E-state index contributed by atoms with van der Waals surface area (Å²) in [5.74, 6) is 0.160. The lowest BCUT2D eigenvalue weighted by atomic mass is 10.0. The highest BCUT2D eigenvalue weighted by molar-refractivity contribution is 6.15. The first-order valence-corrected chi connectivity index (χ1v) is 10.9. The van der Waals surface area contributed by atoms with Crippen LogP contribution in [0.3, 0.4) is 0 Å². The van der Waals surface area contributed by atoms with Crippen molar-refractivity contribution in [3.05, 3.63) is 52.6 Å². The summed E-state index contributed by atoms with van der Waals surface area (Å²) in [6.45, 7) is 3.43. The zero-order chi connectivity index (χ0) is 25.5. The van der Waals surface area contributed by atoms with Gasteiger partial charge in [-0.05, 0) is 39.2 Å². The Bertz CT molecular complexity index is 1390. The van der Waals surface area contributed by atoms with E-state index < -0.39 is 5.97 Å². The minimum Gasteiger partial charge on any atom is -0.483 e. The van der Waals surface area contributed by atoms with Gasteiger partial charge in [0.2, 0.25) is 5.95 Å². The molecule has 3 aromatic heterocycles. The normalized spacial score (nSPS) is 10.8. The molecule has 35 heavy (non-hydrogen) atoms. The third-order valence-electron chi connectivity index (χ3n) is 5.30. The number of esters is 1. The van der Waals surface area contributed by atoms with E-state index in [1.54, 1.807) is 13.1 Å². The summed E-state index contributed by atoms with van der Waals surface area (Å²) in [7, 11) is 6.01. The van der Waals surface area contributed by atoms with Crippen molar-refractivity contribution in [3.63, 3.8) is 0 Å². The van der Waals surface area contributed by atoms with Gasteiger partial charge in [0.15, 0.2) is 0 Å². The lowest BCUT2D eigenvalue weighted by Crippen LogP contribution is -2.29. The van der Waals surface area contributed by atoms with Gasteiger partial charge in [0.05, 0.1) is 17.9 Å². The zero-order valence-electron chi connectivity index (χ0n) is 20.0. The molecule has 0 spiro atoms. The maximum Gasteiger partial charge on any atom is 0.340 e. The molecule has 0 saturated carbocycles. The van der Waals surface area contributed by atoms with Crippen LogP contribution in [0.25, 0.3) is 33.1 Å². The van der Waals surface area contributed by atoms with E-state index in [4.69, 9.17) is 19.6 Å². The zero-order valence-corrected chi connectivity index (χ0v) is 20.0. The number of benzene rings is 1. The number of H-pyrrole nitrogens is 2. The number of aromatic nitrogens is 4. The number of hydrogen-bond donors (Lipinski definition) is 3. The molecule has 0 saturated heterocycles. The molecule has 0 aliphatic carbocycles. The van der Waals surface area contributed by atoms with Crippen LogP contribution < -0.4 is 10.5 Å². The van der Waals surface area contributed by atoms with Crippen molar-refractivity contribution in [2.24, 2.45) is 0 Å². The number of hydrogen-bond acceptors (Lipinski definition) is 8. The van der Waals surface area contributed by atoms with Crippen molar-refractivity contribution in [1.29, 1.82) is 0 Å². The molecule has 1 aromatic carbocycles. The van der Waals surface area contributed by atoms with E-state index in [0.29, 0.717) is 27.9 Å². The van der Waals surface area contributed by atoms with Crippen LogP contribution in [-0.4, -0.2) is 83.2 Å². The van der Waals surface area contributed by atoms with Crippen LogP contribution in [0.15, 0.2) is 41.5 Å². The smallest absolute Gasteiger partial charge is 0.340 e. The van der Waals surface area contributed by atoms with Gasteiger partial charge in [0.25, 0.3) is 12.0 Å². The molecule has 11 heteroatoms. The van der Waals surface area contributed by atoms with Gasteiger partial charge in [-0.15, -0.1) is 0 Å². The van der Waals surface area contributed by atoms with E-state index in [2.05, 4.69) is 19.9 Å². The molecule has 0 amide bonds. The number of fused-ring (bicyclic) bond motifs is 3. The molecule has 0 bridgehead atoms. The average molecular weight is 481 g/mol. The molecule has 0 atom stereocenters. The van der Waals surface area contributed by atoms with Crippen molar-refractivity contribution < 1.29 is 19.4 Å². The summed E-state index contributed by atoms with van der Waals surface area (Å²) in [5.41, 5.74) is 2.62. The molecule has 184 valence electrons. The number of aromatic amines is 2. The Labute approximate surface area is 201 Å². The van der Waals surface area contributed by atoms with Crippen molar-refractivity contribution in [1.82, 2.24) is 24.8 Å². The van der Waals surface area contributed by atoms with Crippen LogP contribution in [-0.2, 0) is 9.53 Å². The summed E-state index contributed by atoms with van der Waals surface area (Å²) >= 11 is 0. The van der Waals surface area contributed by atoms with E-state index in [1.165, 1.54) is 6.20 Å². The van der Waals surface area contributed by atoms with Crippen LogP contribution in [0.2, 0.25) is 0 Å². The standard InChI is InChI=1S/C23H26N6O3.CH2O2/c1-5-32-22(31)16-13-25-20-19(16)15-12-14(6-7-18(15)26-21(20)30)17-8-9-24-23(27-17)29(4)11-10-28(2)3;2-1-3/h6-9,12-13,25H,5,10-11H2,1-4H3,(H,26,30);1H,(H,2,3). The number of nitrogens with one attached hydrogen (secondary N) is 2. The third-order valence-corrected chi connectivity index (χ3v) is 5.30. The number of nitrogens with zero attached hydrogens (tertiary/aromatic N) is 4. The van der Waals surface area contributed by atoms with Crippen molar-refractivity contribution in [2.75, 3.05) is 45.7 Å². The fraction of sp³-hybridized carbons (Fsp3) is 0.292. The predicted molar refractivity (Wildman–Crippen MR) is 134 cm³/mol. The molecule has 3 heterocycles. The molecule has 0 aliphatic heterocycles. The van der Waals surface area contributed by atoms with Gasteiger partial charge in [-0.2, -0.15) is 0 Å². The predicted octanol–water partition coefficient (Wildman–Crippen LogP) is 2.34. The number of likely N-dealkylation sites (N-methyl/N-ethyl adjacent to an activating group) is 2. The molecule has 3 N–H and O–H groups in total. The molecule has 0 unspecified atom stereocenters. The van der Waals surface area contributed by atoms with Gasteiger partial charge in [-0.1, -0.05) is 6.07 Å². The van der Waals surface area contributed by atoms with Crippen LogP contribution in [0.4, 0.5) is 5.95 Å². The highest BCUT2D eigenvalue weighted by atomic mass is 16.5. The van der Waals surface area contributed by atoms with E-state index in [-0.39, 0.29) is 18.6 Å². The Morgan fingerprint density at radius 3 is 2.63 bits per heavy atom. The summed E-state index contributed by atoms with van der Waals surface area (Å²) in [6.07, 6.45) is 3.25. The Hall–Kier alpha value is -4.25. The third kappa shape index (κ3) is 5.64. The van der Waals surface area contributed by atoms with Gasteiger partial charge in [-0.3, -0.25) is 9.59 Å². The van der Waals surface area contributed by atoms with Crippen LogP contribution in [0.5, 0.6) is 0 Å². The molecule has 4 rings (SSSR count). The Morgan fingerprint density at radius 2 is 1.94 bits per heavy atom. The topological polar surface area (TPSA) is 145 Å². The number of pyridine rings is 1. The minimum absolute atomic E-state index is 0.250. The average Bonchev–Trinajstić information content (AvgIpc) is 3.30. The first-order chi connectivity index (χ1) is 16.8. The van der Waals surface area contributed by atoms with Gasteiger partial charge in [0, 0.05) is 54.4 Å². The lowest BCUT2D eigenvalue weighted by Gasteiger charge is -2.19. The van der Waals surface area contributed by atoms with Gasteiger partial charge in [-0.25, -0.2) is 14.8 Å². The number of carboxylic acid groups (broad SMARTS) is 1. The second-order valence-electron chi connectivity index (χ2n) is 7.96. The van der Waals surface area contributed by atoms with E-state index in [1.807, 2.05) is 50.3 Å². The molecule has 11 nitrogen and oxygen atoms in total. The Kier molecular flexibility index (Phi) is 8.16. The number of rotatable bonds is 7. The molecule has 0 aliphatic rings. The van der Waals surface area contributed by atoms with Crippen LogP contribution >= 0.6 is 0 Å². The van der Waals surface area contributed by atoms with Crippen molar-refractivity contribution in [2.45, 2.75) is 6.92 Å². The summed E-state index contributed by atoms with van der Waals surface area (Å²) in [5, 5.41) is 8.17. The highest BCUT2D eigenvalue weighted by Gasteiger charge is 2.18. The summed E-state index contributed by atoms with van der Waals surface area (Å²) in [4.78, 5) is 52.4. The Balaban J connectivity index is 0.00000108. The molecule has 0 radical (unpaired) electrons. The number of anilines is 1. The van der Waals surface area contributed by atoms with Crippen molar-refractivity contribution >= 4 is 40.2 Å². The molecular weight excluding hydrogens is 452 g/mol. The Morgan fingerprint density at radius 1 is 1.20 bits per heavy atom. The summed E-state index contributed by atoms with van der Waals surface area (Å²) in [6, 6.07) is 7.49. The fourth-order valence-corrected chi connectivity index (χ4v) is 3.60. The second kappa shape index (κ2) is 11.3. The lowest BCUT2D eigenvalue weighted by molar-refractivity contribution is -0.122. The maximum absolute atomic E-state index is 12.5. The fourth-order valence-electron chi connectivity index (χ4n) is 3.60. The van der Waals surface area contributed by atoms with Gasteiger partial charge < -0.3 is 29.6 Å². The molecule has 0 fully saturated rings. The van der Waals surface area contributed by atoms with E-state index in [9.17, 15) is 9.59 Å². The van der Waals surface area contributed by atoms with Crippen LogP contribution in [0, 0.1) is 0 Å². The number of carbonyl (C=O) groups excluding carboxylic acids is 1. The monoisotopic (exact) mass is 480 g/mol. The van der Waals surface area contributed by atoms with Crippen LogP contribution in [0.1, 0.15) is 17.3 Å². The molecular formula is C24H28N6O5. The highest BCUT2D eigenvalue weighted by Crippen LogP contribution is 2.29. The number of ether oxygens (including phenoxy) is 1. The van der Waals surface area contributed by atoms with Crippen molar-refractivity contribution in [3.8, 4) is 11.3 Å². The van der Waals surface area contributed by atoms with Gasteiger partial charge >= 0.3 is 5.97 Å². The molecule has 4 aromatic rings. The van der Waals surface area contributed by atoms with E-state index >= 15 is 0 Å². The van der Waals surface area contributed by atoms with E-state index in [0.717, 1.165) is 29.7 Å². The quantitative estimate of drug-likeness (QED) is 0.268. The first kappa shape index (κ1) is 25.4.